The standard InChI is InChI=1S/C19H20N2O3S/c1-3-4-9-21-18(23)15-8-7-13(11-16(15)19(21)24)17(22)20(2)12-14-6-5-10-25-14/h5-8,10-11H,3-4,9,12H2,1-2H3. The molecule has 0 radical (unpaired) electrons. The van der Waals surface area contributed by atoms with Gasteiger partial charge in [-0.05, 0) is 36.1 Å². The van der Waals surface area contributed by atoms with Gasteiger partial charge >= 0.3 is 0 Å². The molecular formula is C19H20N2O3S. The Morgan fingerprint density at radius 1 is 1.16 bits per heavy atom. The molecule has 0 saturated heterocycles. The van der Waals surface area contributed by atoms with E-state index in [4.69, 9.17) is 0 Å². The topological polar surface area (TPSA) is 57.7 Å². The van der Waals surface area contributed by atoms with E-state index in [1.54, 1.807) is 41.5 Å². The number of amides is 3. The lowest BCUT2D eigenvalue weighted by molar-refractivity contribution is 0.0652. The Bertz CT molecular complexity index is 814. The molecule has 3 rings (SSSR count). The number of nitrogens with zero attached hydrogens (tertiary/aromatic N) is 2. The predicted molar refractivity (Wildman–Crippen MR) is 96.8 cm³/mol. The molecule has 0 spiro atoms. The Hall–Kier alpha value is -2.47. The van der Waals surface area contributed by atoms with Crippen molar-refractivity contribution in [3.8, 4) is 0 Å². The fraction of sp³-hybridized carbons (Fsp3) is 0.316. The molecular weight excluding hydrogens is 336 g/mol. The number of imide groups is 1. The highest BCUT2D eigenvalue weighted by Gasteiger charge is 2.35. The molecule has 0 unspecified atom stereocenters. The fourth-order valence-corrected chi connectivity index (χ4v) is 3.63. The van der Waals surface area contributed by atoms with Crippen molar-refractivity contribution in [2.45, 2.75) is 26.3 Å². The molecule has 25 heavy (non-hydrogen) atoms. The van der Waals surface area contributed by atoms with Gasteiger partial charge in [-0.2, -0.15) is 0 Å². The summed E-state index contributed by atoms with van der Waals surface area (Å²) in [5, 5.41) is 1.97. The largest absolute Gasteiger partial charge is 0.337 e. The number of thiophene rings is 1. The lowest BCUT2D eigenvalue weighted by Crippen LogP contribution is -2.30. The van der Waals surface area contributed by atoms with E-state index in [1.807, 2.05) is 24.4 Å². The van der Waals surface area contributed by atoms with Gasteiger partial charge in [-0.1, -0.05) is 19.4 Å². The number of hydrogen-bond acceptors (Lipinski definition) is 4. The first-order valence-electron chi connectivity index (χ1n) is 8.31. The summed E-state index contributed by atoms with van der Waals surface area (Å²) in [4.78, 5) is 41.5. The van der Waals surface area contributed by atoms with Crippen LogP contribution in [0.25, 0.3) is 0 Å². The van der Waals surface area contributed by atoms with Gasteiger partial charge in [0.2, 0.25) is 0 Å². The SMILES string of the molecule is CCCCN1C(=O)c2ccc(C(=O)N(C)Cc3cccs3)cc2C1=O. The minimum Gasteiger partial charge on any atom is -0.337 e. The second-order valence-electron chi connectivity index (χ2n) is 6.12. The minimum atomic E-state index is -0.302. The molecule has 0 N–H and O–H groups in total. The zero-order valence-corrected chi connectivity index (χ0v) is 15.1. The lowest BCUT2D eigenvalue weighted by Gasteiger charge is -2.16. The highest BCUT2D eigenvalue weighted by molar-refractivity contribution is 7.09. The van der Waals surface area contributed by atoms with Crippen molar-refractivity contribution in [2.75, 3.05) is 13.6 Å². The normalized spacial score (nSPS) is 13.3. The quantitative estimate of drug-likeness (QED) is 0.745. The molecule has 1 aliphatic heterocycles. The Morgan fingerprint density at radius 2 is 1.92 bits per heavy atom. The van der Waals surface area contributed by atoms with Crippen LogP contribution in [0.15, 0.2) is 35.7 Å². The minimum absolute atomic E-state index is 0.163. The van der Waals surface area contributed by atoms with Crippen LogP contribution in [-0.2, 0) is 6.54 Å². The van der Waals surface area contributed by atoms with E-state index in [0.717, 1.165) is 17.7 Å². The molecule has 3 amide bonds. The van der Waals surface area contributed by atoms with Crippen LogP contribution in [-0.4, -0.2) is 41.1 Å². The van der Waals surface area contributed by atoms with Crippen molar-refractivity contribution in [2.24, 2.45) is 0 Å². The number of fused-ring (bicyclic) bond motifs is 1. The van der Waals surface area contributed by atoms with Crippen molar-refractivity contribution in [3.63, 3.8) is 0 Å². The van der Waals surface area contributed by atoms with Crippen LogP contribution in [0.3, 0.4) is 0 Å². The summed E-state index contributed by atoms with van der Waals surface area (Å²) >= 11 is 1.59. The van der Waals surface area contributed by atoms with Crippen LogP contribution in [0, 0.1) is 0 Å². The molecule has 5 nitrogen and oxygen atoms in total. The molecule has 0 bridgehead atoms. The van der Waals surface area contributed by atoms with E-state index >= 15 is 0 Å². The van der Waals surface area contributed by atoms with Crippen molar-refractivity contribution in [1.82, 2.24) is 9.80 Å². The van der Waals surface area contributed by atoms with Gasteiger partial charge < -0.3 is 4.90 Å². The summed E-state index contributed by atoms with van der Waals surface area (Å²) in [6, 6.07) is 8.69. The molecule has 1 aliphatic rings. The summed E-state index contributed by atoms with van der Waals surface area (Å²) in [6.07, 6.45) is 1.69. The first-order chi connectivity index (χ1) is 12.0. The van der Waals surface area contributed by atoms with Crippen LogP contribution in [0.4, 0.5) is 0 Å². The number of unbranched alkanes of at least 4 members (excludes halogenated alkanes) is 1. The maximum Gasteiger partial charge on any atom is 0.261 e. The van der Waals surface area contributed by atoms with Gasteiger partial charge in [-0.15, -0.1) is 11.3 Å². The molecule has 0 saturated carbocycles. The second kappa shape index (κ2) is 7.19. The smallest absolute Gasteiger partial charge is 0.261 e. The summed E-state index contributed by atoms with van der Waals surface area (Å²) < 4.78 is 0. The Kier molecular flexibility index (Phi) is 4.99. The molecule has 2 aromatic rings. The molecule has 0 atom stereocenters. The summed E-state index contributed by atoms with van der Waals surface area (Å²) in [5.41, 5.74) is 1.14. The van der Waals surface area contributed by atoms with Crippen molar-refractivity contribution < 1.29 is 14.4 Å². The van der Waals surface area contributed by atoms with Crippen LogP contribution in [0.5, 0.6) is 0 Å². The van der Waals surface area contributed by atoms with Gasteiger partial charge in [0.05, 0.1) is 17.7 Å². The van der Waals surface area contributed by atoms with E-state index in [9.17, 15) is 14.4 Å². The molecule has 2 heterocycles. The van der Waals surface area contributed by atoms with Gasteiger partial charge in [0.15, 0.2) is 0 Å². The number of carbonyl (C=O) groups is 3. The summed E-state index contributed by atoms with van der Waals surface area (Å²) in [6.45, 7) is 2.95. The molecule has 130 valence electrons. The predicted octanol–water partition coefficient (Wildman–Crippen LogP) is 3.42. The monoisotopic (exact) mass is 356 g/mol. The average molecular weight is 356 g/mol. The third-order valence-electron chi connectivity index (χ3n) is 4.27. The molecule has 0 aliphatic carbocycles. The Labute approximate surface area is 150 Å². The third-order valence-corrected chi connectivity index (χ3v) is 5.13. The first kappa shape index (κ1) is 17.4. The maximum absolute atomic E-state index is 12.6. The summed E-state index contributed by atoms with van der Waals surface area (Å²) in [5.74, 6) is -0.730. The zero-order chi connectivity index (χ0) is 18.0. The number of rotatable bonds is 6. The van der Waals surface area contributed by atoms with Gasteiger partial charge in [0, 0.05) is 24.0 Å². The highest BCUT2D eigenvalue weighted by Crippen LogP contribution is 2.25. The third kappa shape index (κ3) is 3.35. The number of hydrogen-bond donors (Lipinski definition) is 0. The zero-order valence-electron chi connectivity index (χ0n) is 14.3. The average Bonchev–Trinajstić information content (AvgIpc) is 3.20. The van der Waals surface area contributed by atoms with E-state index in [0.29, 0.717) is 29.8 Å². The van der Waals surface area contributed by atoms with E-state index in [-0.39, 0.29) is 17.7 Å². The van der Waals surface area contributed by atoms with E-state index in [2.05, 4.69) is 0 Å². The van der Waals surface area contributed by atoms with E-state index < -0.39 is 0 Å². The fourth-order valence-electron chi connectivity index (χ4n) is 2.87. The molecule has 6 heteroatoms. The lowest BCUT2D eigenvalue weighted by atomic mass is 10.0. The molecule has 1 aromatic carbocycles. The van der Waals surface area contributed by atoms with Crippen molar-refractivity contribution >= 4 is 29.1 Å². The van der Waals surface area contributed by atoms with Crippen molar-refractivity contribution in [3.05, 3.63) is 57.3 Å². The van der Waals surface area contributed by atoms with Gasteiger partial charge in [-0.3, -0.25) is 19.3 Å². The second-order valence-corrected chi connectivity index (χ2v) is 7.15. The van der Waals surface area contributed by atoms with Crippen LogP contribution in [0.2, 0.25) is 0 Å². The van der Waals surface area contributed by atoms with Gasteiger partial charge in [0.25, 0.3) is 17.7 Å². The van der Waals surface area contributed by atoms with E-state index in [1.165, 1.54) is 4.90 Å². The molecule has 0 fully saturated rings. The highest BCUT2D eigenvalue weighted by atomic mass is 32.1. The number of carbonyl (C=O) groups excluding carboxylic acids is 3. The van der Waals surface area contributed by atoms with Gasteiger partial charge in [-0.25, -0.2) is 0 Å². The van der Waals surface area contributed by atoms with Crippen LogP contribution in [0.1, 0.15) is 55.7 Å². The van der Waals surface area contributed by atoms with Crippen LogP contribution < -0.4 is 0 Å². The number of benzene rings is 1. The van der Waals surface area contributed by atoms with Crippen LogP contribution >= 0.6 is 11.3 Å². The van der Waals surface area contributed by atoms with Crippen molar-refractivity contribution in [1.29, 1.82) is 0 Å². The summed E-state index contributed by atoms with van der Waals surface area (Å²) in [7, 11) is 1.73. The first-order valence-corrected chi connectivity index (χ1v) is 9.19. The van der Waals surface area contributed by atoms with Gasteiger partial charge in [0.1, 0.15) is 0 Å². The Morgan fingerprint density at radius 3 is 2.60 bits per heavy atom. The molecule has 1 aromatic heterocycles. The maximum atomic E-state index is 12.6. The Balaban J connectivity index is 1.80.